The Morgan fingerprint density at radius 3 is 2.55 bits per heavy atom. The van der Waals surface area contributed by atoms with Crippen molar-refractivity contribution in [3.05, 3.63) is 11.8 Å². The summed E-state index contributed by atoms with van der Waals surface area (Å²) >= 11 is 0. The van der Waals surface area contributed by atoms with Crippen molar-refractivity contribution in [1.29, 1.82) is 0 Å². The van der Waals surface area contributed by atoms with E-state index < -0.39 is 13.9 Å². The van der Waals surface area contributed by atoms with Crippen LogP contribution in [0.3, 0.4) is 0 Å². The number of hydrogen-bond donors (Lipinski definition) is 0. The van der Waals surface area contributed by atoms with Crippen LogP contribution in [0.1, 0.15) is 32.1 Å². The molecule has 0 aliphatic carbocycles. The molecule has 2 aliphatic heterocycles. The summed E-state index contributed by atoms with van der Waals surface area (Å²) in [7, 11) is 0.592. The molecule has 0 saturated carbocycles. The fraction of sp³-hybridized carbons (Fsp3) is 0.786. The Bertz CT molecular complexity index is 505. The summed E-state index contributed by atoms with van der Waals surface area (Å²) in [6.07, 6.45) is 0.628. The van der Waals surface area contributed by atoms with Crippen LogP contribution in [0.15, 0.2) is 6.07 Å². The van der Waals surface area contributed by atoms with E-state index in [2.05, 4.69) is 30.8 Å². The Kier molecular flexibility index (Phi) is 3.13. The second-order valence-electron chi connectivity index (χ2n) is 7.23. The van der Waals surface area contributed by atoms with Crippen LogP contribution in [0, 0.1) is 0 Å². The molecule has 0 aromatic carbocycles. The molecule has 20 heavy (non-hydrogen) atoms. The van der Waals surface area contributed by atoms with Gasteiger partial charge < -0.3 is 14.2 Å². The quantitative estimate of drug-likeness (QED) is 0.782. The average Bonchev–Trinajstić information content (AvgIpc) is 2.86. The molecule has 5 nitrogen and oxygen atoms in total. The van der Waals surface area contributed by atoms with Crippen molar-refractivity contribution < 1.29 is 14.2 Å². The number of hydrogen-bond acceptors (Lipinski definition) is 4. The lowest BCUT2D eigenvalue weighted by Gasteiger charge is -2.20. The zero-order valence-corrected chi connectivity index (χ0v) is 14.1. The molecule has 3 atom stereocenters. The molecule has 3 rings (SSSR count). The molecule has 0 spiro atoms. The minimum Gasteiger partial charge on any atom is -0.342 e. The van der Waals surface area contributed by atoms with Gasteiger partial charge >= 0.3 is 0 Å². The van der Waals surface area contributed by atoms with E-state index in [0.717, 1.165) is 12.1 Å². The second-order valence-corrected chi connectivity index (χ2v) is 12.2. The summed E-state index contributed by atoms with van der Waals surface area (Å²) in [6, 6.07) is 2.20. The first-order chi connectivity index (χ1) is 9.16. The highest BCUT2D eigenvalue weighted by Crippen LogP contribution is 2.42. The van der Waals surface area contributed by atoms with Gasteiger partial charge in [0.1, 0.15) is 20.3 Å². The monoisotopic (exact) mass is 296 g/mol. The van der Waals surface area contributed by atoms with Crippen LogP contribution in [0.2, 0.25) is 19.6 Å². The van der Waals surface area contributed by atoms with E-state index in [9.17, 15) is 0 Å². The first kappa shape index (κ1) is 14.3. The maximum absolute atomic E-state index is 6.02. The molecule has 1 aromatic heterocycles. The summed E-state index contributed by atoms with van der Waals surface area (Å²) < 4.78 is 19.6. The van der Waals surface area contributed by atoms with Crippen molar-refractivity contribution in [3.8, 4) is 0 Å². The van der Waals surface area contributed by atoms with Crippen LogP contribution in [-0.4, -0.2) is 36.0 Å². The van der Waals surface area contributed by atoms with E-state index >= 15 is 0 Å². The van der Waals surface area contributed by atoms with Gasteiger partial charge in [0, 0.05) is 18.8 Å². The topological polar surface area (TPSA) is 45.5 Å². The van der Waals surface area contributed by atoms with Crippen molar-refractivity contribution in [2.75, 3.05) is 0 Å². The van der Waals surface area contributed by atoms with Crippen LogP contribution < -0.4 is 5.32 Å². The number of aryl methyl sites for hydroxylation is 1. The highest BCUT2D eigenvalue weighted by molar-refractivity contribution is 6.88. The number of fused-ring (bicyclic) bond motifs is 1. The smallest absolute Gasteiger partial charge is 0.188 e. The van der Waals surface area contributed by atoms with Gasteiger partial charge in [0.05, 0.1) is 5.69 Å². The molecule has 1 aromatic rings. The van der Waals surface area contributed by atoms with Gasteiger partial charge in [0.15, 0.2) is 12.1 Å². The number of rotatable bonds is 2. The third-order valence-electron chi connectivity index (χ3n) is 3.90. The Hall–Kier alpha value is -0.693. The predicted octanol–water partition coefficient (Wildman–Crippen LogP) is 1.90. The lowest BCUT2D eigenvalue weighted by molar-refractivity contribution is -0.206. The summed E-state index contributed by atoms with van der Waals surface area (Å²) in [5, 5.41) is 5.89. The maximum Gasteiger partial charge on any atom is 0.188 e. The molecule has 0 amide bonds. The van der Waals surface area contributed by atoms with E-state index in [0.29, 0.717) is 0 Å². The molecule has 0 radical (unpaired) electrons. The van der Waals surface area contributed by atoms with Gasteiger partial charge in [0.25, 0.3) is 0 Å². The van der Waals surface area contributed by atoms with Crippen LogP contribution >= 0.6 is 0 Å². The van der Waals surface area contributed by atoms with Gasteiger partial charge in [-0.2, -0.15) is 5.10 Å². The minimum absolute atomic E-state index is 0.0173. The molecular weight excluding hydrogens is 272 g/mol. The highest BCUT2D eigenvalue weighted by atomic mass is 28.3. The van der Waals surface area contributed by atoms with E-state index in [-0.39, 0.29) is 18.5 Å². The fourth-order valence-corrected chi connectivity index (χ4v) is 3.88. The van der Waals surface area contributed by atoms with E-state index in [1.165, 1.54) is 5.32 Å². The van der Waals surface area contributed by atoms with E-state index in [4.69, 9.17) is 14.2 Å². The highest BCUT2D eigenvalue weighted by Gasteiger charge is 2.49. The van der Waals surface area contributed by atoms with E-state index in [1.54, 1.807) is 0 Å². The number of aromatic nitrogens is 2. The minimum atomic E-state index is -1.40. The first-order valence-electron chi connectivity index (χ1n) is 7.21. The Labute approximate surface area is 121 Å². The van der Waals surface area contributed by atoms with Gasteiger partial charge in [-0.3, -0.25) is 4.68 Å². The Balaban J connectivity index is 1.78. The van der Waals surface area contributed by atoms with Crippen molar-refractivity contribution in [1.82, 2.24) is 9.78 Å². The molecule has 112 valence electrons. The number of nitrogens with zero attached hydrogens (tertiary/aromatic N) is 2. The Morgan fingerprint density at radius 2 is 2.00 bits per heavy atom. The summed E-state index contributed by atoms with van der Waals surface area (Å²) in [5.41, 5.74) is 1.13. The zero-order chi connectivity index (χ0) is 14.7. The standard InChI is InChI=1S/C14H24N2O3Si/c1-14(2)18-11-8-10(17-13(11)19-14)9-7-12(15-16(9)3)20(4,5)6/h7,10-11,13H,8H2,1-6H3/t10-,11+,13+/m0/s1. The SMILES string of the molecule is Cn1nc([Si](C)(C)C)cc1[C@@H]1C[C@H]2OC(C)(C)O[C@H]2O1. The van der Waals surface area contributed by atoms with Crippen LogP contribution in [0.25, 0.3) is 0 Å². The first-order valence-corrected chi connectivity index (χ1v) is 10.7. The van der Waals surface area contributed by atoms with Gasteiger partial charge in [0.2, 0.25) is 0 Å². The predicted molar refractivity (Wildman–Crippen MR) is 78.5 cm³/mol. The lowest BCUT2D eigenvalue weighted by Crippen LogP contribution is -2.39. The van der Waals surface area contributed by atoms with Gasteiger partial charge in [-0.05, 0) is 19.9 Å². The maximum atomic E-state index is 6.02. The molecule has 0 unspecified atom stereocenters. The molecule has 2 aliphatic rings. The number of ether oxygens (including phenoxy) is 3. The molecule has 0 N–H and O–H groups in total. The van der Waals surface area contributed by atoms with E-state index in [1.807, 2.05) is 25.6 Å². The van der Waals surface area contributed by atoms with Crippen molar-refractivity contribution >= 4 is 13.4 Å². The van der Waals surface area contributed by atoms with Crippen molar-refractivity contribution in [2.45, 2.75) is 64.2 Å². The second kappa shape index (κ2) is 4.40. The average molecular weight is 296 g/mol. The fourth-order valence-electron chi connectivity index (χ4n) is 2.85. The summed E-state index contributed by atoms with van der Waals surface area (Å²) in [4.78, 5) is 0. The largest absolute Gasteiger partial charge is 0.342 e. The summed E-state index contributed by atoms with van der Waals surface area (Å²) in [5.74, 6) is -0.532. The molecule has 3 heterocycles. The molecule has 2 saturated heterocycles. The molecule has 2 fully saturated rings. The van der Waals surface area contributed by atoms with Crippen LogP contribution in [0.4, 0.5) is 0 Å². The normalized spacial score (nSPS) is 32.6. The molecular formula is C14H24N2O3Si. The van der Waals surface area contributed by atoms with Gasteiger partial charge in [-0.1, -0.05) is 19.6 Å². The van der Waals surface area contributed by atoms with Crippen LogP contribution in [0.5, 0.6) is 0 Å². The third kappa shape index (κ3) is 2.45. The Morgan fingerprint density at radius 1 is 1.30 bits per heavy atom. The van der Waals surface area contributed by atoms with Crippen molar-refractivity contribution in [2.24, 2.45) is 7.05 Å². The zero-order valence-electron chi connectivity index (χ0n) is 13.1. The van der Waals surface area contributed by atoms with Gasteiger partial charge in [-0.15, -0.1) is 0 Å². The van der Waals surface area contributed by atoms with Crippen molar-refractivity contribution in [3.63, 3.8) is 0 Å². The van der Waals surface area contributed by atoms with Gasteiger partial charge in [-0.25, -0.2) is 0 Å². The molecule has 0 bridgehead atoms. The van der Waals surface area contributed by atoms with Crippen LogP contribution in [-0.2, 0) is 21.3 Å². The third-order valence-corrected chi connectivity index (χ3v) is 5.68. The lowest BCUT2D eigenvalue weighted by atomic mass is 10.1. The molecule has 6 heteroatoms. The summed E-state index contributed by atoms with van der Waals surface area (Å²) in [6.45, 7) is 10.8.